The Bertz CT molecular complexity index is 456. The van der Waals surface area contributed by atoms with Crippen LogP contribution in [0.4, 0.5) is 0 Å². The van der Waals surface area contributed by atoms with Gasteiger partial charge in [-0.2, -0.15) is 0 Å². The molecule has 2 fully saturated rings. The molecular weight excluding hydrogens is 314 g/mol. The van der Waals surface area contributed by atoms with Crippen LogP contribution in [0.15, 0.2) is 28.7 Å². The molecule has 0 aromatic heterocycles. The third-order valence-electron chi connectivity index (χ3n) is 4.87. The maximum absolute atomic E-state index is 6.12. The van der Waals surface area contributed by atoms with E-state index in [0.29, 0.717) is 12.1 Å². The van der Waals surface area contributed by atoms with Crippen molar-refractivity contribution in [1.82, 2.24) is 5.32 Å². The standard InChI is InChI=1S/C17H24BrNO/c1-13(15-6-2-3-7-16(15)18)19-14-8-11-20-17(12-14)9-4-5-10-17/h2-3,6-7,13-14,19H,4-5,8-12H2,1H3/t13-,14?/m1/s1. The molecule has 2 aliphatic rings. The fraction of sp³-hybridized carbons (Fsp3) is 0.647. The molecular formula is C17H24BrNO. The Labute approximate surface area is 130 Å². The molecule has 1 unspecified atom stereocenters. The molecule has 3 heteroatoms. The number of benzene rings is 1. The fourth-order valence-corrected chi connectivity index (χ4v) is 4.44. The van der Waals surface area contributed by atoms with Gasteiger partial charge in [0.25, 0.3) is 0 Å². The molecule has 1 saturated carbocycles. The molecule has 0 amide bonds. The monoisotopic (exact) mass is 337 g/mol. The van der Waals surface area contributed by atoms with Crippen LogP contribution in [-0.2, 0) is 4.74 Å². The SMILES string of the molecule is C[C@@H](NC1CCOC2(CCCC2)C1)c1ccccc1Br. The smallest absolute Gasteiger partial charge is 0.0697 e. The minimum absolute atomic E-state index is 0.198. The van der Waals surface area contributed by atoms with E-state index in [0.717, 1.165) is 13.0 Å². The lowest BCUT2D eigenvalue weighted by Gasteiger charge is -2.39. The second kappa shape index (κ2) is 6.17. The maximum Gasteiger partial charge on any atom is 0.0697 e. The summed E-state index contributed by atoms with van der Waals surface area (Å²) in [7, 11) is 0. The van der Waals surface area contributed by atoms with Gasteiger partial charge in [-0.1, -0.05) is 47.0 Å². The lowest BCUT2D eigenvalue weighted by Crippen LogP contribution is -2.46. The Morgan fingerprint density at radius 2 is 2.05 bits per heavy atom. The molecule has 1 spiro atoms. The highest BCUT2D eigenvalue weighted by Crippen LogP contribution is 2.40. The molecule has 0 bridgehead atoms. The Kier molecular flexibility index (Phi) is 4.49. The molecule has 0 radical (unpaired) electrons. The van der Waals surface area contributed by atoms with Crippen LogP contribution in [0.5, 0.6) is 0 Å². The zero-order chi connectivity index (χ0) is 14.0. The molecule has 1 aromatic carbocycles. The zero-order valence-corrected chi connectivity index (χ0v) is 13.8. The van der Waals surface area contributed by atoms with Crippen LogP contribution in [0.3, 0.4) is 0 Å². The first-order valence-electron chi connectivity index (χ1n) is 7.83. The first kappa shape index (κ1) is 14.6. The van der Waals surface area contributed by atoms with E-state index in [4.69, 9.17) is 4.74 Å². The Morgan fingerprint density at radius 3 is 2.80 bits per heavy atom. The molecule has 1 aromatic rings. The van der Waals surface area contributed by atoms with Crippen LogP contribution < -0.4 is 5.32 Å². The highest BCUT2D eigenvalue weighted by atomic mass is 79.9. The van der Waals surface area contributed by atoms with Gasteiger partial charge in [0.2, 0.25) is 0 Å². The summed E-state index contributed by atoms with van der Waals surface area (Å²) in [6, 6.07) is 9.47. The van der Waals surface area contributed by atoms with Gasteiger partial charge in [0.1, 0.15) is 0 Å². The van der Waals surface area contributed by atoms with E-state index in [2.05, 4.69) is 52.4 Å². The molecule has 20 heavy (non-hydrogen) atoms. The van der Waals surface area contributed by atoms with E-state index in [9.17, 15) is 0 Å². The van der Waals surface area contributed by atoms with Gasteiger partial charge in [-0.3, -0.25) is 0 Å². The summed E-state index contributed by atoms with van der Waals surface area (Å²) in [5, 5.41) is 3.82. The van der Waals surface area contributed by atoms with Gasteiger partial charge in [0.05, 0.1) is 5.60 Å². The maximum atomic E-state index is 6.12. The van der Waals surface area contributed by atoms with Crippen LogP contribution in [0.25, 0.3) is 0 Å². The van der Waals surface area contributed by atoms with Gasteiger partial charge in [-0.25, -0.2) is 0 Å². The third kappa shape index (κ3) is 3.10. The van der Waals surface area contributed by atoms with Crippen molar-refractivity contribution in [2.75, 3.05) is 6.61 Å². The van der Waals surface area contributed by atoms with Crippen molar-refractivity contribution in [1.29, 1.82) is 0 Å². The van der Waals surface area contributed by atoms with E-state index in [1.54, 1.807) is 0 Å². The van der Waals surface area contributed by atoms with Crippen LogP contribution >= 0.6 is 15.9 Å². The first-order valence-corrected chi connectivity index (χ1v) is 8.62. The third-order valence-corrected chi connectivity index (χ3v) is 5.59. The summed E-state index contributed by atoms with van der Waals surface area (Å²) < 4.78 is 7.32. The number of hydrogen-bond donors (Lipinski definition) is 1. The predicted molar refractivity (Wildman–Crippen MR) is 85.9 cm³/mol. The Hall–Kier alpha value is -0.380. The second-order valence-corrected chi connectivity index (χ2v) is 7.19. The average Bonchev–Trinajstić information content (AvgIpc) is 2.87. The van der Waals surface area contributed by atoms with Crippen molar-refractivity contribution in [2.45, 2.75) is 63.1 Å². The molecule has 2 atom stereocenters. The molecule has 2 nitrogen and oxygen atoms in total. The van der Waals surface area contributed by atoms with Gasteiger partial charge in [0.15, 0.2) is 0 Å². The van der Waals surface area contributed by atoms with E-state index in [1.807, 2.05) is 0 Å². The van der Waals surface area contributed by atoms with Crippen LogP contribution in [0, 0.1) is 0 Å². The van der Waals surface area contributed by atoms with Gasteiger partial charge >= 0.3 is 0 Å². The van der Waals surface area contributed by atoms with Crippen LogP contribution in [0.1, 0.15) is 57.1 Å². The van der Waals surface area contributed by atoms with Crippen molar-refractivity contribution in [3.63, 3.8) is 0 Å². The zero-order valence-electron chi connectivity index (χ0n) is 12.2. The van der Waals surface area contributed by atoms with Crippen molar-refractivity contribution in [3.8, 4) is 0 Å². The summed E-state index contributed by atoms with van der Waals surface area (Å²) in [6.45, 7) is 3.18. The van der Waals surface area contributed by atoms with E-state index in [1.165, 1.54) is 42.1 Å². The number of halogens is 1. The topological polar surface area (TPSA) is 21.3 Å². The van der Waals surface area contributed by atoms with Gasteiger partial charge < -0.3 is 10.1 Å². The van der Waals surface area contributed by atoms with Crippen molar-refractivity contribution >= 4 is 15.9 Å². The number of ether oxygens (including phenoxy) is 1. The molecule has 3 rings (SSSR count). The first-order chi connectivity index (χ1) is 9.69. The lowest BCUT2D eigenvalue weighted by molar-refractivity contribution is -0.0846. The molecule has 1 aliphatic heterocycles. The summed E-state index contributed by atoms with van der Waals surface area (Å²) in [5.41, 5.74) is 1.54. The normalized spacial score (nSPS) is 26.8. The van der Waals surface area contributed by atoms with Crippen LogP contribution in [0.2, 0.25) is 0 Å². The second-order valence-electron chi connectivity index (χ2n) is 6.34. The number of nitrogens with one attached hydrogen (secondary N) is 1. The lowest BCUT2D eigenvalue weighted by atomic mass is 9.88. The van der Waals surface area contributed by atoms with Crippen molar-refractivity contribution in [2.24, 2.45) is 0 Å². The van der Waals surface area contributed by atoms with Crippen molar-refractivity contribution < 1.29 is 4.74 Å². The van der Waals surface area contributed by atoms with Gasteiger partial charge in [0, 0.05) is 23.2 Å². The highest BCUT2D eigenvalue weighted by Gasteiger charge is 2.40. The Balaban J connectivity index is 1.64. The highest BCUT2D eigenvalue weighted by molar-refractivity contribution is 9.10. The minimum Gasteiger partial charge on any atom is -0.375 e. The molecule has 1 saturated heterocycles. The van der Waals surface area contributed by atoms with E-state index >= 15 is 0 Å². The summed E-state index contributed by atoms with van der Waals surface area (Å²) >= 11 is 3.66. The largest absolute Gasteiger partial charge is 0.375 e. The Morgan fingerprint density at radius 1 is 1.30 bits per heavy atom. The molecule has 1 N–H and O–H groups in total. The number of rotatable bonds is 3. The summed E-state index contributed by atoms with van der Waals surface area (Å²) in [6.07, 6.45) is 7.51. The fourth-order valence-electron chi connectivity index (χ4n) is 3.81. The van der Waals surface area contributed by atoms with Gasteiger partial charge in [-0.15, -0.1) is 0 Å². The number of hydrogen-bond acceptors (Lipinski definition) is 2. The summed E-state index contributed by atoms with van der Waals surface area (Å²) in [4.78, 5) is 0. The van der Waals surface area contributed by atoms with Gasteiger partial charge in [-0.05, 0) is 44.2 Å². The quantitative estimate of drug-likeness (QED) is 0.870. The molecule has 110 valence electrons. The predicted octanol–water partition coefficient (Wildman–Crippen LogP) is 4.59. The van der Waals surface area contributed by atoms with E-state index < -0.39 is 0 Å². The van der Waals surface area contributed by atoms with E-state index in [-0.39, 0.29) is 5.60 Å². The minimum atomic E-state index is 0.198. The molecule has 1 aliphatic carbocycles. The van der Waals surface area contributed by atoms with Crippen molar-refractivity contribution in [3.05, 3.63) is 34.3 Å². The average molecular weight is 338 g/mol. The van der Waals surface area contributed by atoms with Crippen LogP contribution in [-0.4, -0.2) is 18.2 Å². The molecule has 1 heterocycles. The summed E-state index contributed by atoms with van der Waals surface area (Å²) in [5.74, 6) is 0.